The molecule has 0 atom stereocenters. The van der Waals surface area contributed by atoms with Crippen LogP contribution in [0.2, 0.25) is 5.02 Å². The number of carbonyl (C=O) groups excluding carboxylic acids is 3. The first kappa shape index (κ1) is 23.6. The molecule has 1 fully saturated rings. The molecule has 2 aromatic carbocycles. The second-order valence-electron chi connectivity index (χ2n) is 7.57. The molecule has 0 aromatic heterocycles. The third kappa shape index (κ3) is 6.99. The molecule has 0 bridgehead atoms. The van der Waals surface area contributed by atoms with Gasteiger partial charge in [-0.15, -0.1) is 0 Å². The van der Waals surface area contributed by atoms with Crippen molar-refractivity contribution < 1.29 is 23.9 Å². The zero-order chi connectivity index (χ0) is 22.9. The molecular weight excluding hydrogens is 432 g/mol. The number of aryl methyl sites for hydroxylation is 1. The number of nitrogens with one attached hydrogen (secondary N) is 1. The third-order valence-corrected chi connectivity index (χ3v) is 5.52. The van der Waals surface area contributed by atoms with Gasteiger partial charge in [0, 0.05) is 36.1 Å². The zero-order valence-corrected chi connectivity index (χ0v) is 18.8. The fourth-order valence-electron chi connectivity index (χ4n) is 3.53. The van der Waals surface area contributed by atoms with Gasteiger partial charge in [-0.25, -0.2) is 4.79 Å². The molecular formula is C24H27ClN2O5. The second kappa shape index (κ2) is 11.5. The van der Waals surface area contributed by atoms with E-state index in [0.29, 0.717) is 55.1 Å². The molecule has 0 saturated carbocycles. The SMILES string of the molecule is CCOC(=O)Oc1ccc(C(=O)N2CCC(NC(=O)CCc3ccc(Cl)cc3)CC2)cc1. The summed E-state index contributed by atoms with van der Waals surface area (Å²) in [5, 5.41) is 3.75. The van der Waals surface area contributed by atoms with Gasteiger partial charge in [0.05, 0.1) is 6.61 Å². The quantitative estimate of drug-likeness (QED) is 0.495. The first-order chi connectivity index (χ1) is 15.4. The number of carbonyl (C=O) groups is 3. The normalized spacial score (nSPS) is 14.0. The van der Waals surface area contributed by atoms with Gasteiger partial charge in [0.25, 0.3) is 5.91 Å². The van der Waals surface area contributed by atoms with Crippen molar-refractivity contribution in [3.05, 3.63) is 64.7 Å². The Bertz CT molecular complexity index is 922. The zero-order valence-electron chi connectivity index (χ0n) is 18.0. The number of rotatable bonds is 7. The maximum Gasteiger partial charge on any atom is 0.513 e. The van der Waals surface area contributed by atoms with Gasteiger partial charge in [-0.1, -0.05) is 23.7 Å². The average molecular weight is 459 g/mol. The molecule has 3 rings (SSSR count). The summed E-state index contributed by atoms with van der Waals surface area (Å²) in [5.41, 5.74) is 1.59. The largest absolute Gasteiger partial charge is 0.513 e. The van der Waals surface area contributed by atoms with E-state index in [9.17, 15) is 14.4 Å². The first-order valence-corrected chi connectivity index (χ1v) is 11.1. The topological polar surface area (TPSA) is 84.9 Å². The Morgan fingerprint density at radius 1 is 1.03 bits per heavy atom. The number of halogens is 1. The van der Waals surface area contributed by atoms with Gasteiger partial charge in [0.1, 0.15) is 5.75 Å². The van der Waals surface area contributed by atoms with Crippen molar-refractivity contribution >= 4 is 29.6 Å². The van der Waals surface area contributed by atoms with Crippen LogP contribution in [0, 0.1) is 0 Å². The van der Waals surface area contributed by atoms with E-state index >= 15 is 0 Å². The van der Waals surface area contributed by atoms with Crippen molar-refractivity contribution in [3.63, 3.8) is 0 Å². The number of likely N-dealkylation sites (tertiary alicyclic amines) is 1. The molecule has 7 nitrogen and oxygen atoms in total. The van der Waals surface area contributed by atoms with E-state index in [0.717, 1.165) is 5.56 Å². The summed E-state index contributed by atoms with van der Waals surface area (Å²) in [7, 11) is 0. The smallest absolute Gasteiger partial charge is 0.434 e. The van der Waals surface area contributed by atoms with Crippen LogP contribution in [-0.4, -0.2) is 48.6 Å². The second-order valence-corrected chi connectivity index (χ2v) is 8.01. The van der Waals surface area contributed by atoms with E-state index in [1.165, 1.54) is 0 Å². The Hall–Kier alpha value is -3.06. The van der Waals surface area contributed by atoms with Crippen molar-refractivity contribution in [1.82, 2.24) is 10.2 Å². The molecule has 1 N–H and O–H groups in total. The van der Waals surface area contributed by atoms with Gasteiger partial charge in [0.15, 0.2) is 0 Å². The molecule has 2 aromatic rings. The van der Waals surface area contributed by atoms with Crippen LogP contribution in [0.4, 0.5) is 4.79 Å². The van der Waals surface area contributed by atoms with Crippen molar-refractivity contribution in [2.45, 2.75) is 38.6 Å². The maximum absolute atomic E-state index is 12.7. The molecule has 32 heavy (non-hydrogen) atoms. The minimum atomic E-state index is -0.774. The molecule has 0 spiro atoms. The van der Waals surface area contributed by atoms with Crippen LogP contribution in [0.25, 0.3) is 0 Å². The number of ether oxygens (including phenoxy) is 2. The molecule has 170 valence electrons. The van der Waals surface area contributed by atoms with Gasteiger partial charge in [-0.2, -0.15) is 0 Å². The molecule has 0 radical (unpaired) electrons. The van der Waals surface area contributed by atoms with E-state index in [4.69, 9.17) is 21.1 Å². The molecule has 0 unspecified atom stereocenters. The van der Waals surface area contributed by atoms with Crippen LogP contribution in [0.1, 0.15) is 42.1 Å². The number of benzene rings is 2. The van der Waals surface area contributed by atoms with Crippen LogP contribution in [0.3, 0.4) is 0 Å². The Balaban J connectivity index is 1.41. The molecule has 1 heterocycles. The lowest BCUT2D eigenvalue weighted by Crippen LogP contribution is -2.46. The standard InChI is InChI=1S/C24H27ClN2O5/c1-2-31-24(30)32-21-10-6-18(7-11-21)23(29)27-15-13-20(14-16-27)26-22(28)12-5-17-3-8-19(25)9-4-17/h3-4,6-11,20H,2,5,12-16H2,1H3,(H,26,28). The molecule has 1 aliphatic heterocycles. The van der Waals surface area contributed by atoms with E-state index in [1.807, 2.05) is 24.3 Å². The lowest BCUT2D eigenvalue weighted by atomic mass is 10.0. The summed E-state index contributed by atoms with van der Waals surface area (Å²) in [6.45, 7) is 3.07. The van der Waals surface area contributed by atoms with Gasteiger partial charge >= 0.3 is 6.16 Å². The molecule has 2 amide bonds. The average Bonchev–Trinajstić information content (AvgIpc) is 2.79. The van der Waals surface area contributed by atoms with Crippen LogP contribution in [0.5, 0.6) is 5.75 Å². The molecule has 1 saturated heterocycles. The van der Waals surface area contributed by atoms with Crippen LogP contribution < -0.4 is 10.1 Å². The van der Waals surface area contributed by atoms with Crippen molar-refractivity contribution in [1.29, 1.82) is 0 Å². The highest BCUT2D eigenvalue weighted by atomic mass is 35.5. The van der Waals surface area contributed by atoms with Crippen molar-refractivity contribution in [2.75, 3.05) is 19.7 Å². The Morgan fingerprint density at radius 3 is 2.31 bits per heavy atom. The summed E-state index contributed by atoms with van der Waals surface area (Å²) in [4.78, 5) is 38.2. The number of hydrogen-bond donors (Lipinski definition) is 1. The highest BCUT2D eigenvalue weighted by molar-refractivity contribution is 6.30. The minimum Gasteiger partial charge on any atom is -0.434 e. The Kier molecular flexibility index (Phi) is 8.50. The number of nitrogens with zero attached hydrogens (tertiary/aromatic N) is 1. The van der Waals surface area contributed by atoms with Crippen LogP contribution in [0.15, 0.2) is 48.5 Å². The molecule has 1 aliphatic rings. The first-order valence-electron chi connectivity index (χ1n) is 10.7. The van der Waals surface area contributed by atoms with Gasteiger partial charge < -0.3 is 19.7 Å². The fourth-order valence-corrected chi connectivity index (χ4v) is 3.65. The Morgan fingerprint density at radius 2 is 1.69 bits per heavy atom. The number of hydrogen-bond acceptors (Lipinski definition) is 5. The summed E-state index contributed by atoms with van der Waals surface area (Å²) in [6.07, 6.45) is 1.73. The predicted octanol–water partition coefficient (Wildman–Crippen LogP) is 4.23. The highest BCUT2D eigenvalue weighted by Gasteiger charge is 2.24. The fraction of sp³-hybridized carbons (Fsp3) is 0.375. The predicted molar refractivity (Wildman–Crippen MR) is 121 cm³/mol. The van der Waals surface area contributed by atoms with Crippen molar-refractivity contribution in [2.24, 2.45) is 0 Å². The van der Waals surface area contributed by atoms with Crippen LogP contribution >= 0.6 is 11.6 Å². The van der Waals surface area contributed by atoms with Gasteiger partial charge in [-0.3, -0.25) is 9.59 Å². The summed E-state index contributed by atoms with van der Waals surface area (Å²) >= 11 is 5.88. The van der Waals surface area contributed by atoms with E-state index in [2.05, 4.69) is 5.32 Å². The van der Waals surface area contributed by atoms with Gasteiger partial charge in [-0.05, 0) is 68.1 Å². The number of amides is 2. The Labute approximate surface area is 192 Å². The van der Waals surface area contributed by atoms with E-state index in [1.54, 1.807) is 36.1 Å². The van der Waals surface area contributed by atoms with Crippen LogP contribution in [-0.2, 0) is 16.0 Å². The summed E-state index contributed by atoms with van der Waals surface area (Å²) in [6, 6.07) is 13.9. The summed E-state index contributed by atoms with van der Waals surface area (Å²) in [5.74, 6) is 0.252. The lowest BCUT2D eigenvalue weighted by molar-refractivity contribution is -0.122. The third-order valence-electron chi connectivity index (χ3n) is 5.27. The lowest BCUT2D eigenvalue weighted by Gasteiger charge is -2.32. The molecule has 8 heteroatoms. The molecule has 0 aliphatic carbocycles. The van der Waals surface area contributed by atoms with E-state index in [-0.39, 0.29) is 24.5 Å². The summed E-state index contributed by atoms with van der Waals surface area (Å²) < 4.78 is 9.73. The number of piperidine rings is 1. The van der Waals surface area contributed by atoms with E-state index < -0.39 is 6.16 Å². The van der Waals surface area contributed by atoms with Crippen molar-refractivity contribution in [3.8, 4) is 5.75 Å². The minimum absolute atomic E-state index is 0.0157. The van der Waals surface area contributed by atoms with Gasteiger partial charge in [0.2, 0.25) is 5.91 Å². The monoisotopic (exact) mass is 458 g/mol. The highest BCUT2D eigenvalue weighted by Crippen LogP contribution is 2.18. The maximum atomic E-state index is 12.7.